The monoisotopic (exact) mass is 295 g/mol. The van der Waals surface area contributed by atoms with Crippen molar-refractivity contribution in [3.8, 4) is 0 Å². The Labute approximate surface area is 120 Å². The molecule has 3 rings (SSSR count). The minimum absolute atomic E-state index is 0.0428. The van der Waals surface area contributed by atoms with Gasteiger partial charge in [-0.2, -0.15) is 0 Å². The average Bonchev–Trinajstić information content (AvgIpc) is 2.96. The predicted molar refractivity (Wildman–Crippen MR) is 76.4 cm³/mol. The minimum Gasteiger partial charge on any atom is -0.271 e. The van der Waals surface area contributed by atoms with E-state index >= 15 is 0 Å². The van der Waals surface area contributed by atoms with Crippen LogP contribution in [0.3, 0.4) is 0 Å². The molecule has 5 heteroatoms. The van der Waals surface area contributed by atoms with Crippen molar-refractivity contribution in [1.29, 1.82) is 0 Å². The van der Waals surface area contributed by atoms with Crippen molar-refractivity contribution < 1.29 is 9.59 Å². The summed E-state index contributed by atoms with van der Waals surface area (Å²) in [5.41, 5.74) is 1.09. The number of hydrogen-bond acceptors (Lipinski definition) is 3. The van der Waals surface area contributed by atoms with Crippen molar-refractivity contribution in [3.05, 3.63) is 35.4 Å². The zero-order valence-corrected chi connectivity index (χ0v) is 11.9. The number of carbonyl (C=O) groups is 2. The second-order valence-electron chi connectivity index (χ2n) is 5.13. The normalized spacial score (nSPS) is 26.1. The van der Waals surface area contributed by atoms with Crippen LogP contribution in [0.15, 0.2) is 24.3 Å². The standard InChI is InChI=1S/C14H14ClNO2S/c15-19-8-9-5-6-10(7-9)16-13(17)11-3-1-2-4-12(11)14(16)18/h1-4,9-10H,5-8H2. The Kier molecular flexibility index (Phi) is 3.54. The third-order valence-corrected chi connectivity index (χ3v) is 4.98. The molecule has 1 aliphatic heterocycles. The number of amides is 2. The quantitative estimate of drug-likeness (QED) is 0.803. The van der Waals surface area contributed by atoms with Gasteiger partial charge in [0.1, 0.15) is 0 Å². The maximum Gasteiger partial charge on any atom is 0.261 e. The van der Waals surface area contributed by atoms with Crippen LogP contribution in [0.5, 0.6) is 0 Å². The Morgan fingerprint density at radius 1 is 1.16 bits per heavy atom. The molecule has 0 radical (unpaired) electrons. The molecule has 2 atom stereocenters. The van der Waals surface area contributed by atoms with Gasteiger partial charge < -0.3 is 0 Å². The predicted octanol–water partition coefficient (Wildman–Crippen LogP) is 3.34. The van der Waals surface area contributed by atoms with Crippen LogP contribution < -0.4 is 0 Å². The number of halogens is 1. The molecule has 2 unspecified atom stereocenters. The molecule has 0 N–H and O–H groups in total. The summed E-state index contributed by atoms with van der Waals surface area (Å²) in [6.07, 6.45) is 2.82. The van der Waals surface area contributed by atoms with Gasteiger partial charge >= 0.3 is 0 Å². The first-order valence-corrected chi connectivity index (χ1v) is 8.24. The van der Waals surface area contributed by atoms with Crippen molar-refractivity contribution in [2.45, 2.75) is 25.3 Å². The van der Waals surface area contributed by atoms with Gasteiger partial charge in [-0.25, -0.2) is 0 Å². The van der Waals surface area contributed by atoms with E-state index in [2.05, 4.69) is 0 Å². The molecule has 100 valence electrons. The van der Waals surface area contributed by atoms with E-state index in [4.69, 9.17) is 10.7 Å². The lowest BCUT2D eigenvalue weighted by Gasteiger charge is -2.21. The second kappa shape index (κ2) is 5.17. The van der Waals surface area contributed by atoms with E-state index in [1.54, 1.807) is 24.3 Å². The van der Waals surface area contributed by atoms with Gasteiger partial charge in [-0.1, -0.05) is 23.1 Å². The fraction of sp³-hybridized carbons (Fsp3) is 0.429. The van der Waals surface area contributed by atoms with Gasteiger partial charge in [-0.3, -0.25) is 14.5 Å². The third kappa shape index (κ3) is 2.17. The van der Waals surface area contributed by atoms with Crippen LogP contribution in [0.4, 0.5) is 0 Å². The molecule has 2 amide bonds. The van der Waals surface area contributed by atoms with Crippen LogP contribution in [-0.2, 0) is 0 Å². The highest BCUT2D eigenvalue weighted by Gasteiger charge is 2.42. The molecule has 1 saturated carbocycles. The summed E-state index contributed by atoms with van der Waals surface area (Å²) in [6.45, 7) is 0. The number of rotatable bonds is 3. The van der Waals surface area contributed by atoms with Gasteiger partial charge in [0.15, 0.2) is 0 Å². The van der Waals surface area contributed by atoms with Crippen LogP contribution in [-0.4, -0.2) is 28.5 Å². The van der Waals surface area contributed by atoms with Crippen LogP contribution >= 0.6 is 21.7 Å². The third-order valence-electron chi connectivity index (χ3n) is 4.00. The molecule has 1 aliphatic carbocycles. The molecule has 0 saturated heterocycles. The smallest absolute Gasteiger partial charge is 0.261 e. The van der Waals surface area contributed by atoms with E-state index in [0.29, 0.717) is 17.0 Å². The molecular formula is C14H14ClNO2S. The van der Waals surface area contributed by atoms with E-state index in [1.807, 2.05) is 0 Å². The zero-order valence-electron chi connectivity index (χ0n) is 10.3. The Morgan fingerprint density at radius 3 is 2.37 bits per heavy atom. The van der Waals surface area contributed by atoms with Crippen molar-refractivity contribution in [3.63, 3.8) is 0 Å². The van der Waals surface area contributed by atoms with Crippen molar-refractivity contribution in [1.82, 2.24) is 4.90 Å². The number of carbonyl (C=O) groups excluding carboxylic acids is 2. The van der Waals surface area contributed by atoms with E-state index < -0.39 is 0 Å². The lowest BCUT2D eigenvalue weighted by Crippen LogP contribution is -2.38. The molecule has 3 nitrogen and oxygen atoms in total. The number of imide groups is 1. The van der Waals surface area contributed by atoms with Crippen molar-refractivity contribution in [2.75, 3.05) is 5.75 Å². The van der Waals surface area contributed by atoms with E-state index in [-0.39, 0.29) is 17.9 Å². The first kappa shape index (κ1) is 13.0. The lowest BCUT2D eigenvalue weighted by atomic mass is 10.1. The SMILES string of the molecule is O=C1c2ccccc2C(=O)N1C1CCC(CSCl)C1. The van der Waals surface area contributed by atoms with E-state index in [1.165, 1.54) is 15.9 Å². The van der Waals surface area contributed by atoms with Crippen LogP contribution in [0.25, 0.3) is 0 Å². The van der Waals surface area contributed by atoms with Crippen LogP contribution in [0.1, 0.15) is 40.0 Å². The van der Waals surface area contributed by atoms with Gasteiger partial charge in [0.25, 0.3) is 11.8 Å². The highest BCUT2D eigenvalue weighted by atomic mass is 35.7. The number of hydrogen-bond donors (Lipinski definition) is 0. The Bertz CT molecular complexity index is 499. The Morgan fingerprint density at radius 2 is 1.79 bits per heavy atom. The van der Waals surface area contributed by atoms with E-state index in [9.17, 15) is 9.59 Å². The van der Waals surface area contributed by atoms with Crippen LogP contribution in [0.2, 0.25) is 0 Å². The van der Waals surface area contributed by atoms with Gasteiger partial charge in [0.05, 0.1) is 11.1 Å². The fourth-order valence-corrected chi connectivity index (χ4v) is 4.08. The molecule has 1 heterocycles. The minimum atomic E-state index is -0.134. The first-order valence-electron chi connectivity index (χ1n) is 6.43. The molecule has 19 heavy (non-hydrogen) atoms. The van der Waals surface area contributed by atoms with Gasteiger partial charge in [0, 0.05) is 11.8 Å². The fourth-order valence-electron chi connectivity index (χ4n) is 3.06. The molecule has 1 aromatic carbocycles. The molecule has 2 aliphatic rings. The number of fused-ring (bicyclic) bond motifs is 1. The highest BCUT2D eigenvalue weighted by molar-refractivity contribution is 8.21. The molecule has 1 aromatic rings. The van der Waals surface area contributed by atoms with Crippen molar-refractivity contribution >= 4 is 33.5 Å². The topological polar surface area (TPSA) is 37.4 Å². The van der Waals surface area contributed by atoms with Crippen LogP contribution in [0, 0.1) is 5.92 Å². The summed E-state index contributed by atoms with van der Waals surface area (Å²) in [4.78, 5) is 26.1. The summed E-state index contributed by atoms with van der Waals surface area (Å²) >= 11 is 0. The van der Waals surface area contributed by atoms with Gasteiger partial charge in [0.2, 0.25) is 0 Å². The van der Waals surface area contributed by atoms with Gasteiger partial charge in [-0.15, -0.1) is 0 Å². The molecular weight excluding hydrogens is 282 g/mol. The average molecular weight is 296 g/mol. The maximum atomic E-state index is 12.3. The summed E-state index contributed by atoms with van der Waals surface area (Å²) < 4.78 is 0. The summed E-state index contributed by atoms with van der Waals surface area (Å²) in [7, 11) is 7.00. The van der Waals surface area contributed by atoms with E-state index in [0.717, 1.165) is 25.0 Å². The Balaban J connectivity index is 1.81. The number of benzene rings is 1. The van der Waals surface area contributed by atoms with Gasteiger partial charge in [-0.05, 0) is 48.0 Å². The lowest BCUT2D eigenvalue weighted by molar-refractivity contribution is 0.0585. The number of nitrogens with zero attached hydrogens (tertiary/aromatic N) is 1. The van der Waals surface area contributed by atoms with Crippen molar-refractivity contribution in [2.24, 2.45) is 5.92 Å². The summed E-state index contributed by atoms with van der Waals surface area (Å²) in [5.74, 6) is 1.13. The molecule has 0 spiro atoms. The zero-order chi connectivity index (χ0) is 13.4. The molecule has 0 bridgehead atoms. The summed E-state index contributed by atoms with van der Waals surface area (Å²) in [5, 5.41) is 0. The second-order valence-corrected chi connectivity index (χ2v) is 6.34. The largest absolute Gasteiger partial charge is 0.271 e. The summed E-state index contributed by atoms with van der Waals surface area (Å²) in [6, 6.07) is 7.11. The molecule has 0 aromatic heterocycles. The Hall–Kier alpha value is -1.00. The maximum absolute atomic E-state index is 12.3. The molecule has 1 fully saturated rings. The highest BCUT2D eigenvalue weighted by Crippen LogP contribution is 2.36. The first-order chi connectivity index (χ1) is 9.22.